The number of rotatable bonds is 5. The summed E-state index contributed by atoms with van der Waals surface area (Å²) in [6, 6.07) is 3.47. The van der Waals surface area contributed by atoms with Crippen molar-refractivity contribution in [2.45, 2.75) is 13.5 Å². The van der Waals surface area contributed by atoms with E-state index in [2.05, 4.69) is 15.3 Å². The summed E-state index contributed by atoms with van der Waals surface area (Å²) >= 11 is 11.9. The molecule has 100 valence electrons. The monoisotopic (exact) mass is 297 g/mol. The lowest BCUT2D eigenvalue weighted by Crippen LogP contribution is -2.12. The van der Waals surface area contributed by atoms with E-state index >= 15 is 0 Å². The van der Waals surface area contributed by atoms with Crippen molar-refractivity contribution in [2.24, 2.45) is 0 Å². The summed E-state index contributed by atoms with van der Waals surface area (Å²) in [7, 11) is 0. The van der Waals surface area contributed by atoms with E-state index in [0.717, 1.165) is 12.1 Å². The van der Waals surface area contributed by atoms with Crippen LogP contribution in [0.25, 0.3) is 0 Å². The third-order valence-electron chi connectivity index (χ3n) is 2.38. The molecule has 0 aliphatic rings. The molecule has 19 heavy (non-hydrogen) atoms. The number of aromatic nitrogens is 2. The van der Waals surface area contributed by atoms with Crippen LogP contribution >= 0.6 is 23.2 Å². The minimum Gasteiger partial charge on any atom is -0.437 e. The molecule has 2 aromatic rings. The molecule has 0 saturated heterocycles. The van der Waals surface area contributed by atoms with Gasteiger partial charge in [-0.25, -0.2) is 4.98 Å². The minimum absolute atomic E-state index is 0.460. The maximum atomic E-state index is 6.07. The molecule has 6 heteroatoms. The van der Waals surface area contributed by atoms with Crippen molar-refractivity contribution in [3.8, 4) is 11.6 Å². The van der Waals surface area contributed by atoms with Crippen molar-refractivity contribution in [3.05, 3.63) is 46.3 Å². The van der Waals surface area contributed by atoms with Crippen LogP contribution in [0.4, 0.5) is 0 Å². The lowest BCUT2D eigenvalue weighted by Gasteiger charge is -2.08. The number of hydrogen-bond acceptors (Lipinski definition) is 4. The minimum atomic E-state index is 0.460. The first-order chi connectivity index (χ1) is 9.19. The summed E-state index contributed by atoms with van der Waals surface area (Å²) < 4.78 is 5.59. The Morgan fingerprint density at radius 3 is 2.79 bits per heavy atom. The van der Waals surface area contributed by atoms with Crippen LogP contribution < -0.4 is 10.1 Å². The standard InChI is InChI=1S/C13H13Cl2N3O/c1-2-16-5-9-3-13(18-8-12(9)15)19-11-4-10(14)6-17-7-11/h3-4,6-8,16H,2,5H2,1H3. The van der Waals surface area contributed by atoms with Gasteiger partial charge in [-0.05, 0) is 12.1 Å². The lowest BCUT2D eigenvalue weighted by atomic mass is 10.2. The second-order valence-corrected chi connectivity index (χ2v) is 4.68. The van der Waals surface area contributed by atoms with Crippen molar-refractivity contribution >= 4 is 23.2 Å². The normalized spacial score (nSPS) is 10.5. The average molecular weight is 298 g/mol. The molecule has 2 aromatic heterocycles. The quantitative estimate of drug-likeness (QED) is 0.914. The Bertz CT molecular complexity index is 563. The third kappa shape index (κ3) is 4.06. The van der Waals surface area contributed by atoms with Crippen molar-refractivity contribution in [1.82, 2.24) is 15.3 Å². The molecule has 0 aromatic carbocycles. The van der Waals surface area contributed by atoms with Gasteiger partial charge in [-0.1, -0.05) is 30.1 Å². The van der Waals surface area contributed by atoms with E-state index in [1.165, 1.54) is 0 Å². The second-order valence-electron chi connectivity index (χ2n) is 3.84. The highest BCUT2D eigenvalue weighted by atomic mass is 35.5. The third-order valence-corrected chi connectivity index (χ3v) is 2.92. The molecule has 0 spiro atoms. The van der Waals surface area contributed by atoms with Gasteiger partial charge in [0.1, 0.15) is 5.75 Å². The SMILES string of the molecule is CCNCc1cc(Oc2cncc(Cl)c2)ncc1Cl. The summed E-state index contributed by atoms with van der Waals surface area (Å²) in [5.74, 6) is 0.998. The van der Waals surface area contributed by atoms with E-state index in [-0.39, 0.29) is 0 Å². The zero-order valence-corrected chi connectivity index (χ0v) is 11.9. The highest BCUT2D eigenvalue weighted by Gasteiger charge is 2.05. The van der Waals surface area contributed by atoms with Crippen molar-refractivity contribution in [1.29, 1.82) is 0 Å². The Morgan fingerprint density at radius 1 is 1.21 bits per heavy atom. The van der Waals surface area contributed by atoms with Gasteiger partial charge in [0.15, 0.2) is 0 Å². The zero-order valence-electron chi connectivity index (χ0n) is 10.4. The van der Waals surface area contributed by atoms with Crippen LogP contribution in [0, 0.1) is 0 Å². The van der Waals surface area contributed by atoms with E-state index in [4.69, 9.17) is 27.9 Å². The van der Waals surface area contributed by atoms with Crippen LogP contribution in [-0.4, -0.2) is 16.5 Å². The molecule has 1 N–H and O–H groups in total. The number of pyridine rings is 2. The van der Waals surface area contributed by atoms with Crippen LogP contribution in [0.5, 0.6) is 11.6 Å². The molecular formula is C13H13Cl2N3O. The largest absolute Gasteiger partial charge is 0.437 e. The number of nitrogens with one attached hydrogen (secondary N) is 1. The van der Waals surface area contributed by atoms with Crippen LogP contribution in [0.1, 0.15) is 12.5 Å². The van der Waals surface area contributed by atoms with E-state index in [1.807, 2.05) is 6.92 Å². The van der Waals surface area contributed by atoms with E-state index < -0.39 is 0 Å². The number of nitrogens with zero attached hydrogens (tertiary/aromatic N) is 2. The predicted molar refractivity (Wildman–Crippen MR) is 75.9 cm³/mol. The van der Waals surface area contributed by atoms with E-state index in [1.54, 1.807) is 30.7 Å². The van der Waals surface area contributed by atoms with Crippen LogP contribution in [0.3, 0.4) is 0 Å². The molecule has 2 rings (SSSR count). The van der Waals surface area contributed by atoms with Gasteiger partial charge in [0.2, 0.25) is 5.88 Å². The van der Waals surface area contributed by atoms with Gasteiger partial charge in [0.05, 0.1) is 16.2 Å². The Labute approximate surface area is 121 Å². The maximum Gasteiger partial charge on any atom is 0.219 e. The number of ether oxygens (including phenoxy) is 1. The Morgan fingerprint density at radius 2 is 2.05 bits per heavy atom. The molecular weight excluding hydrogens is 285 g/mol. The fourth-order valence-corrected chi connectivity index (χ4v) is 1.81. The fourth-order valence-electron chi connectivity index (χ4n) is 1.48. The summed E-state index contributed by atoms with van der Waals surface area (Å²) in [6.45, 7) is 3.57. The van der Waals surface area contributed by atoms with Crippen LogP contribution in [0.15, 0.2) is 30.7 Å². The van der Waals surface area contributed by atoms with Crippen molar-refractivity contribution in [2.75, 3.05) is 6.54 Å². The molecule has 2 heterocycles. The van der Waals surface area contributed by atoms with Gasteiger partial charge in [0.25, 0.3) is 0 Å². The first-order valence-corrected chi connectivity index (χ1v) is 6.58. The van der Waals surface area contributed by atoms with Crippen LogP contribution in [-0.2, 0) is 6.54 Å². The number of halogens is 2. The fraction of sp³-hybridized carbons (Fsp3) is 0.231. The summed E-state index contributed by atoms with van der Waals surface area (Å²) in [4.78, 5) is 8.07. The van der Waals surface area contributed by atoms with Gasteiger partial charge in [0, 0.05) is 31.1 Å². The van der Waals surface area contributed by atoms with Gasteiger partial charge in [-0.2, -0.15) is 0 Å². The maximum absolute atomic E-state index is 6.07. The van der Waals surface area contributed by atoms with E-state index in [0.29, 0.717) is 28.2 Å². The van der Waals surface area contributed by atoms with Gasteiger partial charge < -0.3 is 10.1 Å². The predicted octanol–water partition coefficient (Wildman–Crippen LogP) is 3.69. The highest BCUT2D eigenvalue weighted by molar-refractivity contribution is 6.31. The van der Waals surface area contributed by atoms with Gasteiger partial charge in [-0.3, -0.25) is 4.98 Å². The van der Waals surface area contributed by atoms with Gasteiger partial charge in [-0.15, -0.1) is 0 Å². The lowest BCUT2D eigenvalue weighted by molar-refractivity contribution is 0.459. The molecule has 0 atom stereocenters. The topological polar surface area (TPSA) is 47.0 Å². The molecule has 0 amide bonds. The molecule has 0 aliphatic heterocycles. The second kappa shape index (κ2) is 6.70. The summed E-state index contributed by atoms with van der Waals surface area (Å²) in [5.41, 5.74) is 0.934. The Hall–Kier alpha value is -1.36. The first-order valence-electron chi connectivity index (χ1n) is 5.82. The molecule has 0 fully saturated rings. The van der Waals surface area contributed by atoms with E-state index in [9.17, 15) is 0 Å². The van der Waals surface area contributed by atoms with Crippen LogP contribution in [0.2, 0.25) is 10.0 Å². The molecule has 0 radical (unpaired) electrons. The smallest absolute Gasteiger partial charge is 0.219 e. The van der Waals surface area contributed by atoms with Gasteiger partial charge >= 0.3 is 0 Å². The molecule has 0 aliphatic carbocycles. The molecule has 4 nitrogen and oxygen atoms in total. The highest BCUT2D eigenvalue weighted by Crippen LogP contribution is 2.24. The molecule has 0 bridgehead atoms. The van der Waals surface area contributed by atoms with Crippen molar-refractivity contribution < 1.29 is 4.74 Å². The molecule has 0 saturated carbocycles. The van der Waals surface area contributed by atoms with Crippen molar-refractivity contribution in [3.63, 3.8) is 0 Å². The summed E-state index contributed by atoms with van der Waals surface area (Å²) in [5, 5.41) is 4.33. The first kappa shape index (κ1) is 14.1. The zero-order chi connectivity index (χ0) is 13.7. The average Bonchev–Trinajstić information content (AvgIpc) is 2.39. The summed E-state index contributed by atoms with van der Waals surface area (Å²) in [6.07, 6.45) is 4.69. The Kier molecular flexibility index (Phi) is 4.96. The molecule has 0 unspecified atom stereocenters. The number of hydrogen-bond donors (Lipinski definition) is 1. The Balaban J connectivity index is 2.16.